The highest BCUT2D eigenvalue weighted by Gasteiger charge is 2.29. The fourth-order valence-electron chi connectivity index (χ4n) is 7.92. The number of nitro groups is 1. The number of anilines is 3. The Morgan fingerprint density at radius 3 is 2.54 bits per heavy atom. The predicted molar refractivity (Wildman–Crippen MR) is 228 cm³/mol. The van der Waals surface area contributed by atoms with Gasteiger partial charge in [0.05, 0.1) is 27.6 Å². The van der Waals surface area contributed by atoms with Crippen LogP contribution in [0.15, 0.2) is 114 Å². The Labute approximate surface area is 342 Å². The van der Waals surface area contributed by atoms with Gasteiger partial charge in [0.1, 0.15) is 22.8 Å². The number of benzene rings is 4. The number of nitrogens with one attached hydrogen (secondary N) is 3. The van der Waals surface area contributed by atoms with Crippen LogP contribution in [0.1, 0.15) is 47.6 Å². The summed E-state index contributed by atoms with van der Waals surface area (Å²) in [6.45, 7) is 2.66. The van der Waals surface area contributed by atoms with Crippen LogP contribution in [0.5, 0.6) is 11.5 Å². The molecule has 2 aliphatic heterocycles. The van der Waals surface area contributed by atoms with Crippen molar-refractivity contribution in [1.82, 2.24) is 14.7 Å². The number of nitro benzene ring substituents is 1. The number of amides is 1. The molecular formula is C44H45N7O7S. The zero-order valence-corrected chi connectivity index (χ0v) is 33.6. The Balaban J connectivity index is 1.06. The number of fused-ring (bicyclic) bond motifs is 1. The lowest BCUT2D eigenvalue weighted by Gasteiger charge is -2.30. The van der Waals surface area contributed by atoms with Crippen molar-refractivity contribution in [3.8, 4) is 22.6 Å². The topological polar surface area (TPSA) is 172 Å². The molecule has 4 aromatic carbocycles. The third-order valence-corrected chi connectivity index (χ3v) is 12.3. The molecule has 0 aliphatic carbocycles. The third kappa shape index (κ3) is 8.57. The van der Waals surface area contributed by atoms with Crippen LogP contribution in [0.4, 0.5) is 22.7 Å². The van der Waals surface area contributed by atoms with Gasteiger partial charge in [-0.2, -0.15) is 0 Å². The molecule has 1 atom stereocenters. The maximum Gasteiger partial charge on any atom is 0.293 e. The van der Waals surface area contributed by atoms with Gasteiger partial charge in [-0.1, -0.05) is 36.4 Å². The van der Waals surface area contributed by atoms with Crippen LogP contribution in [0.25, 0.3) is 22.2 Å². The lowest BCUT2D eigenvalue weighted by atomic mass is 10.00. The molecule has 2 aromatic heterocycles. The second kappa shape index (κ2) is 16.8. The molecule has 304 valence electrons. The number of rotatable bonds is 13. The molecule has 15 heteroatoms. The number of nitrogens with zero attached hydrogens (tertiary/aromatic N) is 4. The average Bonchev–Trinajstić information content (AvgIpc) is 3.93. The molecule has 2 fully saturated rings. The minimum atomic E-state index is -4.56. The van der Waals surface area contributed by atoms with Gasteiger partial charge in [0.15, 0.2) is 0 Å². The van der Waals surface area contributed by atoms with E-state index in [4.69, 9.17) is 9.47 Å². The molecule has 8 rings (SSSR count). The first-order valence-corrected chi connectivity index (χ1v) is 21.1. The SMILES string of the molecule is CN(C)c1ccccc1C1CCCN1c1ccc(-c2ccc(C(=O)NS(=O)(=O)c3ccc(NCC4CCOCC4)c([N+](=O)[O-])c3)c(Oc3cnc4[nH]ccc4c3)c2)cc1. The van der Waals surface area contributed by atoms with Crippen molar-refractivity contribution in [3.63, 3.8) is 0 Å². The second-order valence-corrected chi connectivity index (χ2v) is 16.7. The zero-order chi connectivity index (χ0) is 41.1. The molecule has 6 aromatic rings. The highest BCUT2D eigenvalue weighted by molar-refractivity contribution is 7.90. The van der Waals surface area contributed by atoms with Gasteiger partial charge in [-0.3, -0.25) is 14.9 Å². The number of pyridine rings is 1. The van der Waals surface area contributed by atoms with Gasteiger partial charge >= 0.3 is 0 Å². The van der Waals surface area contributed by atoms with Gasteiger partial charge in [0.25, 0.3) is 21.6 Å². The van der Waals surface area contributed by atoms with Crippen LogP contribution in [0.2, 0.25) is 0 Å². The van der Waals surface area contributed by atoms with E-state index in [0.717, 1.165) is 60.5 Å². The van der Waals surface area contributed by atoms with E-state index >= 15 is 0 Å². The average molecular weight is 816 g/mol. The quantitative estimate of drug-likeness (QED) is 0.0757. The number of H-pyrrole nitrogens is 1. The number of carbonyl (C=O) groups excluding carboxylic acids is 1. The first-order valence-electron chi connectivity index (χ1n) is 19.6. The van der Waals surface area contributed by atoms with E-state index < -0.39 is 31.4 Å². The molecule has 0 radical (unpaired) electrons. The van der Waals surface area contributed by atoms with Crippen molar-refractivity contribution in [2.24, 2.45) is 5.92 Å². The number of sulfonamides is 1. The number of carbonyl (C=O) groups is 1. The Hall–Kier alpha value is -6.45. The van der Waals surface area contributed by atoms with Crippen molar-refractivity contribution < 1.29 is 27.6 Å². The fourth-order valence-corrected chi connectivity index (χ4v) is 8.90. The normalized spacial score (nSPS) is 15.9. The van der Waals surface area contributed by atoms with Crippen LogP contribution >= 0.6 is 0 Å². The molecule has 0 saturated carbocycles. The molecule has 3 N–H and O–H groups in total. The first kappa shape index (κ1) is 39.4. The van der Waals surface area contributed by atoms with Gasteiger partial charge in [-0.15, -0.1) is 0 Å². The lowest BCUT2D eigenvalue weighted by Crippen LogP contribution is -2.31. The molecular weight excluding hydrogens is 771 g/mol. The summed E-state index contributed by atoms with van der Waals surface area (Å²) in [7, 11) is -0.435. The smallest absolute Gasteiger partial charge is 0.293 e. The standard InChI is InChI=1S/C44H45N7O7S/c1-49(2)39-7-4-3-6-36(39)40-8-5-21-50(40)33-12-9-30(10-13-33)31-11-15-37(42(25-31)58-34-24-32-17-20-45-43(32)47-28-34)44(52)48-59(55,56)35-14-16-38(41(26-35)51(53)54)46-27-29-18-22-57-23-19-29/h3-4,6-7,9-17,20,24-26,28-29,40,46H,5,8,18-19,21-23,27H2,1-2H3,(H,45,47)(H,48,52). The van der Waals surface area contributed by atoms with Gasteiger partial charge in [-0.25, -0.2) is 18.1 Å². The summed E-state index contributed by atoms with van der Waals surface area (Å²) in [5.74, 6) is -0.276. The van der Waals surface area contributed by atoms with Crippen LogP contribution in [-0.2, 0) is 14.8 Å². The summed E-state index contributed by atoms with van der Waals surface area (Å²) >= 11 is 0. The van der Waals surface area contributed by atoms with Gasteiger partial charge in [0.2, 0.25) is 0 Å². The summed E-state index contributed by atoms with van der Waals surface area (Å²) < 4.78 is 41.1. The van der Waals surface area contributed by atoms with Crippen molar-refractivity contribution in [1.29, 1.82) is 0 Å². The fraction of sp³-hybridized carbons (Fsp3) is 0.273. The van der Waals surface area contributed by atoms with E-state index in [-0.39, 0.29) is 29.0 Å². The Bertz CT molecular complexity index is 2610. The molecule has 0 spiro atoms. The summed E-state index contributed by atoms with van der Waals surface area (Å²) in [4.78, 5) is 36.9. The van der Waals surface area contributed by atoms with E-state index in [1.54, 1.807) is 24.4 Å². The van der Waals surface area contributed by atoms with Gasteiger partial charge in [-0.05, 0) is 103 Å². The predicted octanol–water partition coefficient (Wildman–Crippen LogP) is 8.30. The number of ether oxygens (including phenoxy) is 2. The number of aromatic amines is 1. The van der Waals surface area contributed by atoms with Crippen molar-refractivity contribution >= 4 is 49.7 Å². The molecule has 2 saturated heterocycles. The highest BCUT2D eigenvalue weighted by atomic mass is 32.2. The molecule has 1 unspecified atom stereocenters. The van der Waals surface area contributed by atoms with E-state index in [1.165, 1.54) is 35.6 Å². The Kier molecular flexibility index (Phi) is 11.2. The minimum Gasteiger partial charge on any atom is -0.455 e. The second-order valence-electron chi connectivity index (χ2n) is 15.1. The number of para-hydroxylation sites is 1. The van der Waals surface area contributed by atoms with E-state index in [9.17, 15) is 23.3 Å². The molecule has 4 heterocycles. The molecule has 59 heavy (non-hydrogen) atoms. The number of hydrogen-bond donors (Lipinski definition) is 3. The number of aromatic nitrogens is 2. The number of hydrogen-bond acceptors (Lipinski definition) is 11. The Morgan fingerprint density at radius 1 is 0.983 bits per heavy atom. The monoisotopic (exact) mass is 815 g/mol. The maximum absolute atomic E-state index is 13.9. The molecule has 1 amide bonds. The molecule has 14 nitrogen and oxygen atoms in total. The largest absolute Gasteiger partial charge is 0.455 e. The summed E-state index contributed by atoms with van der Waals surface area (Å²) in [5, 5.41) is 15.9. The first-order chi connectivity index (χ1) is 28.5. The van der Waals surface area contributed by atoms with Crippen LogP contribution in [0, 0.1) is 16.0 Å². The summed E-state index contributed by atoms with van der Waals surface area (Å²) in [6, 6.07) is 29.0. The van der Waals surface area contributed by atoms with Crippen molar-refractivity contribution in [3.05, 3.63) is 131 Å². The molecule has 2 aliphatic rings. The van der Waals surface area contributed by atoms with Crippen molar-refractivity contribution in [2.75, 3.05) is 55.5 Å². The Morgan fingerprint density at radius 2 is 1.76 bits per heavy atom. The van der Waals surface area contributed by atoms with Gasteiger partial charge in [0, 0.05) is 69.4 Å². The van der Waals surface area contributed by atoms with E-state index in [2.05, 4.69) is 80.3 Å². The maximum atomic E-state index is 13.9. The lowest BCUT2D eigenvalue weighted by molar-refractivity contribution is -0.384. The van der Waals surface area contributed by atoms with Crippen molar-refractivity contribution in [2.45, 2.75) is 36.6 Å². The summed E-state index contributed by atoms with van der Waals surface area (Å²) in [5.41, 5.74) is 5.54. The minimum absolute atomic E-state index is 0.0631. The zero-order valence-electron chi connectivity index (χ0n) is 32.8. The van der Waals surface area contributed by atoms with Gasteiger partial charge < -0.3 is 29.6 Å². The third-order valence-electron chi connectivity index (χ3n) is 11.0. The van der Waals surface area contributed by atoms with Crippen LogP contribution < -0.4 is 24.6 Å². The van der Waals surface area contributed by atoms with Crippen LogP contribution in [-0.4, -0.2) is 69.6 Å². The van der Waals surface area contributed by atoms with Crippen LogP contribution in [0.3, 0.4) is 0 Å². The molecule has 0 bridgehead atoms. The summed E-state index contributed by atoms with van der Waals surface area (Å²) in [6.07, 6.45) is 7.03. The van der Waals surface area contributed by atoms with E-state index in [0.29, 0.717) is 31.2 Å². The highest BCUT2D eigenvalue weighted by Crippen LogP contribution is 2.41. The van der Waals surface area contributed by atoms with E-state index in [1.807, 2.05) is 18.2 Å².